The third-order valence-corrected chi connectivity index (χ3v) is 4.13. The normalized spacial score (nSPS) is 24.6. The van der Waals surface area contributed by atoms with E-state index in [4.69, 9.17) is 0 Å². The number of piperidine rings is 1. The number of hydrogen-bond donors (Lipinski definition) is 1. The van der Waals surface area contributed by atoms with E-state index >= 15 is 0 Å². The first-order valence-corrected chi connectivity index (χ1v) is 7.41. The fourth-order valence-corrected chi connectivity index (χ4v) is 2.99. The molecule has 1 saturated heterocycles. The van der Waals surface area contributed by atoms with Crippen molar-refractivity contribution in [2.24, 2.45) is 0 Å². The van der Waals surface area contributed by atoms with Crippen LogP contribution in [0.15, 0.2) is 24.3 Å². The van der Waals surface area contributed by atoms with Crippen LogP contribution in [0.1, 0.15) is 32.3 Å². The fraction of sp³-hybridized carbons (Fsp3) is 0.625. The Balaban J connectivity index is 1.82. The van der Waals surface area contributed by atoms with Crippen molar-refractivity contribution in [3.05, 3.63) is 35.6 Å². The molecule has 1 aliphatic heterocycles. The van der Waals surface area contributed by atoms with E-state index in [2.05, 4.69) is 24.1 Å². The predicted octanol–water partition coefficient (Wildman–Crippen LogP) is 2.83. The number of nitrogens with zero attached hydrogens (tertiary/aromatic N) is 1. The van der Waals surface area contributed by atoms with Gasteiger partial charge in [-0.05, 0) is 50.9 Å². The molecule has 0 saturated carbocycles. The summed E-state index contributed by atoms with van der Waals surface area (Å²) in [6, 6.07) is 8.36. The highest BCUT2D eigenvalue weighted by atomic mass is 19.1. The van der Waals surface area contributed by atoms with E-state index in [0.29, 0.717) is 12.1 Å². The van der Waals surface area contributed by atoms with Gasteiger partial charge in [-0.25, -0.2) is 4.39 Å². The van der Waals surface area contributed by atoms with Crippen molar-refractivity contribution < 1.29 is 4.39 Å². The largest absolute Gasteiger partial charge is 0.314 e. The Morgan fingerprint density at radius 1 is 1.37 bits per heavy atom. The van der Waals surface area contributed by atoms with Gasteiger partial charge < -0.3 is 10.2 Å². The molecule has 1 fully saturated rings. The molecule has 2 atom stereocenters. The van der Waals surface area contributed by atoms with Gasteiger partial charge in [-0.2, -0.15) is 0 Å². The van der Waals surface area contributed by atoms with E-state index in [1.165, 1.54) is 12.8 Å². The molecule has 2 unspecified atom stereocenters. The first kappa shape index (κ1) is 14.5. The Kier molecular flexibility index (Phi) is 5.34. The van der Waals surface area contributed by atoms with Crippen molar-refractivity contribution in [1.29, 1.82) is 0 Å². The van der Waals surface area contributed by atoms with E-state index in [1.807, 2.05) is 12.1 Å². The van der Waals surface area contributed by atoms with E-state index < -0.39 is 0 Å². The lowest BCUT2D eigenvalue weighted by Crippen LogP contribution is -2.47. The number of nitrogens with one attached hydrogen (secondary N) is 1. The zero-order chi connectivity index (χ0) is 13.7. The Morgan fingerprint density at radius 2 is 2.16 bits per heavy atom. The van der Waals surface area contributed by atoms with Gasteiger partial charge in [0.05, 0.1) is 0 Å². The summed E-state index contributed by atoms with van der Waals surface area (Å²) in [5.41, 5.74) is 0.837. The Morgan fingerprint density at radius 3 is 2.84 bits per heavy atom. The minimum Gasteiger partial charge on any atom is -0.314 e. The van der Waals surface area contributed by atoms with Crippen LogP contribution in [0.2, 0.25) is 0 Å². The number of halogens is 1. The molecule has 1 aromatic rings. The lowest BCUT2D eigenvalue weighted by atomic mass is 9.97. The molecule has 0 bridgehead atoms. The maximum Gasteiger partial charge on any atom is 0.126 e. The highest BCUT2D eigenvalue weighted by Crippen LogP contribution is 2.18. The monoisotopic (exact) mass is 264 g/mol. The second-order valence-corrected chi connectivity index (χ2v) is 5.51. The van der Waals surface area contributed by atoms with Crippen molar-refractivity contribution in [3.8, 4) is 0 Å². The van der Waals surface area contributed by atoms with Crippen LogP contribution >= 0.6 is 0 Å². The molecule has 0 amide bonds. The molecule has 0 aromatic heterocycles. The summed E-state index contributed by atoms with van der Waals surface area (Å²) in [6.45, 7) is 7.57. The van der Waals surface area contributed by atoms with E-state index in [9.17, 15) is 4.39 Å². The van der Waals surface area contributed by atoms with Crippen molar-refractivity contribution >= 4 is 0 Å². The second-order valence-electron chi connectivity index (χ2n) is 5.51. The molecular weight excluding hydrogens is 239 g/mol. The topological polar surface area (TPSA) is 15.3 Å². The Labute approximate surface area is 116 Å². The standard InChI is InChI=1S/C16H25FN2/c1-3-18-15-9-11-19(13(2)12-15)10-8-14-6-4-5-7-16(14)17/h4-7,13,15,18H,3,8-12H2,1-2H3. The van der Waals surface area contributed by atoms with Crippen LogP contribution in [0, 0.1) is 5.82 Å². The zero-order valence-electron chi connectivity index (χ0n) is 12.0. The van der Waals surface area contributed by atoms with Gasteiger partial charge >= 0.3 is 0 Å². The van der Waals surface area contributed by atoms with Gasteiger partial charge in [-0.3, -0.25) is 0 Å². The molecule has 19 heavy (non-hydrogen) atoms. The molecule has 1 aromatic carbocycles. The second kappa shape index (κ2) is 7.01. The average molecular weight is 264 g/mol. The molecule has 1 N–H and O–H groups in total. The zero-order valence-corrected chi connectivity index (χ0v) is 12.0. The minimum absolute atomic E-state index is 0.0716. The lowest BCUT2D eigenvalue weighted by molar-refractivity contribution is 0.138. The maximum absolute atomic E-state index is 13.6. The number of benzene rings is 1. The third-order valence-electron chi connectivity index (χ3n) is 4.13. The van der Waals surface area contributed by atoms with E-state index in [0.717, 1.165) is 31.6 Å². The first-order chi connectivity index (χ1) is 9.20. The van der Waals surface area contributed by atoms with Crippen LogP contribution < -0.4 is 5.32 Å². The van der Waals surface area contributed by atoms with Crippen molar-refractivity contribution in [2.75, 3.05) is 19.6 Å². The molecule has 2 rings (SSSR count). The lowest BCUT2D eigenvalue weighted by Gasteiger charge is -2.38. The molecule has 0 spiro atoms. The average Bonchev–Trinajstić information content (AvgIpc) is 2.40. The van der Waals surface area contributed by atoms with Gasteiger partial charge in [0.15, 0.2) is 0 Å². The van der Waals surface area contributed by atoms with E-state index in [-0.39, 0.29) is 5.82 Å². The summed E-state index contributed by atoms with van der Waals surface area (Å²) < 4.78 is 13.6. The van der Waals surface area contributed by atoms with Crippen LogP contribution in [-0.2, 0) is 6.42 Å². The molecule has 2 nitrogen and oxygen atoms in total. The van der Waals surface area contributed by atoms with Crippen LogP contribution in [-0.4, -0.2) is 36.6 Å². The molecular formula is C16H25FN2. The van der Waals surface area contributed by atoms with Crippen molar-refractivity contribution in [1.82, 2.24) is 10.2 Å². The van der Waals surface area contributed by atoms with E-state index in [1.54, 1.807) is 12.1 Å². The molecule has 0 radical (unpaired) electrons. The maximum atomic E-state index is 13.6. The molecule has 3 heteroatoms. The quantitative estimate of drug-likeness (QED) is 0.880. The summed E-state index contributed by atoms with van der Waals surface area (Å²) in [4.78, 5) is 2.49. The number of rotatable bonds is 5. The van der Waals surface area contributed by atoms with Gasteiger partial charge in [-0.1, -0.05) is 25.1 Å². The molecule has 1 aliphatic rings. The van der Waals surface area contributed by atoms with Gasteiger partial charge in [0, 0.05) is 18.6 Å². The minimum atomic E-state index is -0.0716. The van der Waals surface area contributed by atoms with Gasteiger partial charge in [-0.15, -0.1) is 0 Å². The SMILES string of the molecule is CCNC1CCN(CCc2ccccc2F)C(C)C1. The molecule has 1 heterocycles. The predicted molar refractivity (Wildman–Crippen MR) is 77.8 cm³/mol. The summed E-state index contributed by atoms with van der Waals surface area (Å²) >= 11 is 0. The molecule has 106 valence electrons. The summed E-state index contributed by atoms with van der Waals surface area (Å²) in [5, 5.41) is 3.53. The van der Waals surface area contributed by atoms with Crippen LogP contribution in [0.4, 0.5) is 4.39 Å². The number of hydrogen-bond acceptors (Lipinski definition) is 2. The Hall–Kier alpha value is -0.930. The van der Waals surface area contributed by atoms with Crippen molar-refractivity contribution in [2.45, 2.75) is 45.2 Å². The smallest absolute Gasteiger partial charge is 0.126 e. The van der Waals surface area contributed by atoms with Crippen LogP contribution in [0.25, 0.3) is 0 Å². The summed E-state index contributed by atoms with van der Waals surface area (Å²) in [6.07, 6.45) is 3.21. The third kappa shape index (κ3) is 4.02. The fourth-order valence-electron chi connectivity index (χ4n) is 2.99. The van der Waals surface area contributed by atoms with Gasteiger partial charge in [0.2, 0.25) is 0 Å². The van der Waals surface area contributed by atoms with Gasteiger partial charge in [0.25, 0.3) is 0 Å². The highest BCUT2D eigenvalue weighted by molar-refractivity contribution is 5.17. The first-order valence-electron chi connectivity index (χ1n) is 7.41. The summed E-state index contributed by atoms with van der Waals surface area (Å²) in [7, 11) is 0. The Bertz CT molecular complexity index is 394. The number of likely N-dealkylation sites (tertiary alicyclic amines) is 1. The van der Waals surface area contributed by atoms with Crippen LogP contribution in [0.3, 0.4) is 0 Å². The van der Waals surface area contributed by atoms with Gasteiger partial charge in [0.1, 0.15) is 5.82 Å². The molecule has 0 aliphatic carbocycles. The van der Waals surface area contributed by atoms with Crippen LogP contribution in [0.5, 0.6) is 0 Å². The van der Waals surface area contributed by atoms with Crippen molar-refractivity contribution in [3.63, 3.8) is 0 Å². The highest BCUT2D eigenvalue weighted by Gasteiger charge is 2.24. The summed E-state index contributed by atoms with van der Waals surface area (Å²) in [5.74, 6) is -0.0716.